The van der Waals surface area contributed by atoms with Gasteiger partial charge in [-0.2, -0.15) is 0 Å². The molecule has 0 amide bonds. The van der Waals surface area contributed by atoms with E-state index in [0.29, 0.717) is 17.9 Å². The fourth-order valence-electron chi connectivity index (χ4n) is 3.23. The molecule has 1 aromatic rings. The van der Waals surface area contributed by atoms with Crippen LogP contribution in [0, 0.1) is 24.6 Å². The molecule has 0 aliphatic heterocycles. The Labute approximate surface area is 110 Å². The Morgan fingerprint density at radius 1 is 1.33 bits per heavy atom. The van der Waals surface area contributed by atoms with E-state index < -0.39 is 0 Å². The molecule has 0 spiro atoms. The largest absolute Gasteiger partial charge is 0.314 e. The number of benzene rings is 1. The fraction of sp³-hybridized carbons (Fsp3) is 0.625. The van der Waals surface area contributed by atoms with E-state index in [1.807, 2.05) is 6.07 Å². The second kappa shape index (κ2) is 5.83. The van der Waals surface area contributed by atoms with Gasteiger partial charge in [0.25, 0.3) is 0 Å². The highest BCUT2D eigenvalue weighted by Crippen LogP contribution is 2.34. The van der Waals surface area contributed by atoms with Crippen molar-refractivity contribution in [3.8, 4) is 0 Å². The zero-order chi connectivity index (χ0) is 13.1. The molecule has 0 radical (unpaired) electrons. The monoisotopic (exact) mass is 249 g/mol. The maximum Gasteiger partial charge on any atom is 0.123 e. The first-order valence-corrected chi connectivity index (χ1v) is 7.10. The Bertz CT molecular complexity index is 402. The third kappa shape index (κ3) is 2.92. The maximum absolute atomic E-state index is 13.3. The van der Waals surface area contributed by atoms with Gasteiger partial charge in [0, 0.05) is 6.04 Å². The predicted octanol–water partition coefficient (Wildman–Crippen LogP) is 3.70. The SMILES string of the molecule is CCNC1CCC(Cc2cc(F)ccc2C)C1C. The molecule has 3 atom stereocenters. The number of nitrogens with one attached hydrogen (secondary N) is 1. The van der Waals surface area contributed by atoms with E-state index in [1.54, 1.807) is 12.1 Å². The summed E-state index contributed by atoms with van der Waals surface area (Å²) in [5.74, 6) is 1.27. The Kier molecular flexibility index (Phi) is 4.39. The van der Waals surface area contributed by atoms with Crippen LogP contribution in [-0.4, -0.2) is 12.6 Å². The highest BCUT2D eigenvalue weighted by Gasteiger charge is 2.32. The molecule has 2 heteroatoms. The molecule has 0 heterocycles. The molecular weight excluding hydrogens is 225 g/mol. The summed E-state index contributed by atoms with van der Waals surface area (Å²) in [6.07, 6.45) is 3.54. The molecule has 0 bridgehead atoms. The van der Waals surface area contributed by atoms with Crippen molar-refractivity contribution in [3.63, 3.8) is 0 Å². The molecule has 1 nitrogen and oxygen atoms in total. The minimum atomic E-state index is -0.107. The Morgan fingerprint density at radius 2 is 2.11 bits per heavy atom. The van der Waals surface area contributed by atoms with Crippen molar-refractivity contribution < 1.29 is 4.39 Å². The number of hydrogen-bond donors (Lipinski definition) is 1. The molecule has 18 heavy (non-hydrogen) atoms. The Hall–Kier alpha value is -0.890. The molecule has 1 aliphatic rings. The van der Waals surface area contributed by atoms with E-state index in [2.05, 4.69) is 26.1 Å². The standard InChI is InChI=1S/C16H24FN/c1-4-18-16-8-6-13(12(16)3)9-14-10-15(17)7-5-11(14)2/h5,7,10,12-13,16,18H,4,6,8-9H2,1-3H3. The molecule has 1 N–H and O–H groups in total. The summed E-state index contributed by atoms with van der Waals surface area (Å²) in [6, 6.07) is 5.81. The average molecular weight is 249 g/mol. The maximum atomic E-state index is 13.3. The minimum absolute atomic E-state index is 0.107. The Morgan fingerprint density at radius 3 is 2.83 bits per heavy atom. The van der Waals surface area contributed by atoms with Gasteiger partial charge in [-0.1, -0.05) is 19.9 Å². The van der Waals surface area contributed by atoms with Gasteiger partial charge in [-0.15, -0.1) is 0 Å². The van der Waals surface area contributed by atoms with Crippen LogP contribution in [0.1, 0.15) is 37.8 Å². The third-order valence-electron chi connectivity index (χ3n) is 4.49. The molecular formula is C16H24FN. The van der Waals surface area contributed by atoms with Gasteiger partial charge in [0.2, 0.25) is 0 Å². The highest BCUT2D eigenvalue weighted by atomic mass is 19.1. The van der Waals surface area contributed by atoms with Gasteiger partial charge in [0.1, 0.15) is 5.82 Å². The van der Waals surface area contributed by atoms with Crippen LogP contribution in [0.4, 0.5) is 4.39 Å². The van der Waals surface area contributed by atoms with Gasteiger partial charge in [-0.05, 0) is 67.8 Å². The van der Waals surface area contributed by atoms with Crippen molar-refractivity contribution in [3.05, 3.63) is 35.1 Å². The van der Waals surface area contributed by atoms with Gasteiger partial charge in [-0.3, -0.25) is 0 Å². The number of aryl methyl sites for hydroxylation is 1. The van der Waals surface area contributed by atoms with Crippen LogP contribution in [-0.2, 0) is 6.42 Å². The molecule has 1 saturated carbocycles. The number of halogens is 1. The number of rotatable bonds is 4. The first kappa shape index (κ1) is 13.5. The first-order chi connectivity index (χ1) is 8.61. The van der Waals surface area contributed by atoms with Crippen LogP contribution in [0.5, 0.6) is 0 Å². The first-order valence-electron chi connectivity index (χ1n) is 7.10. The second-order valence-corrected chi connectivity index (χ2v) is 5.64. The van der Waals surface area contributed by atoms with E-state index >= 15 is 0 Å². The summed E-state index contributed by atoms with van der Waals surface area (Å²) >= 11 is 0. The third-order valence-corrected chi connectivity index (χ3v) is 4.49. The zero-order valence-corrected chi connectivity index (χ0v) is 11.7. The summed E-state index contributed by atoms with van der Waals surface area (Å²) < 4.78 is 13.3. The second-order valence-electron chi connectivity index (χ2n) is 5.64. The van der Waals surface area contributed by atoms with Gasteiger partial charge in [0.05, 0.1) is 0 Å². The van der Waals surface area contributed by atoms with E-state index in [9.17, 15) is 4.39 Å². The summed E-state index contributed by atoms with van der Waals surface area (Å²) in [5, 5.41) is 3.56. The van der Waals surface area contributed by atoms with Crippen LogP contribution in [0.2, 0.25) is 0 Å². The van der Waals surface area contributed by atoms with Crippen LogP contribution in [0.25, 0.3) is 0 Å². The molecule has 3 unspecified atom stereocenters. The van der Waals surface area contributed by atoms with Crippen molar-refractivity contribution in [2.75, 3.05) is 6.54 Å². The summed E-state index contributed by atoms with van der Waals surface area (Å²) in [5.41, 5.74) is 2.40. The van der Waals surface area contributed by atoms with Crippen LogP contribution in [0.3, 0.4) is 0 Å². The van der Waals surface area contributed by atoms with Crippen molar-refractivity contribution in [2.24, 2.45) is 11.8 Å². The summed E-state index contributed by atoms with van der Waals surface area (Å²) in [4.78, 5) is 0. The fourth-order valence-corrected chi connectivity index (χ4v) is 3.23. The lowest BCUT2D eigenvalue weighted by Crippen LogP contribution is -2.32. The zero-order valence-electron chi connectivity index (χ0n) is 11.7. The van der Waals surface area contributed by atoms with Crippen molar-refractivity contribution >= 4 is 0 Å². The van der Waals surface area contributed by atoms with Gasteiger partial charge < -0.3 is 5.32 Å². The van der Waals surface area contributed by atoms with Crippen LogP contribution in [0.15, 0.2) is 18.2 Å². The van der Waals surface area contributed by atoms with Gasteiger partial charge >= 0.3 is 0 Å². The van der Waals surface area contributed by atoms with Crippen LogP contribution >= 0.6 is 0 Å². The molecule has 0 aromatic heterocycles. The molecule has 100 valence electrons. The smallest absolute Gasteiger partial charge is 0.123 e. The van der Waals surface area contributed by atoms with Crippen LogP contribution < -0.4 is 5.32 Å². The Balaban J connectivity index is 2.04. The van der Waals surface area contributed by atoms with Gasteiger partial charge in [0.15, 0.2) is 0 Å². The summed E-state index contributed by atoms with van der Waals surface area (Å²) in [7, 11) is 0. The lowest BCUT2D eigenvalue weighted by Gasteiger charge is -2.22. The topological polar surface area (TPSA) is 12.0 Å². The van der Waals surface area contributed by atoms with Crippen molar-refractivity contribution in [1.29, 1.82) is 0 Å². The van der Waals surface area contributed by atoms with E-state index in [4.69, 9.17) is 0 Å². The van der Waals surface area contributed by atoms with Crippen molar-refractivity contribution in [1.82, 2.24) is 5.32 Å². The molecule has 2 rings (SSSR count). The predicted molar refractivity (Wildman–Crippen MR) is 74.2 cm³/mol. The lowest BCUT2D eigenvalue weighted by atomic mass is 9.88. The molecule has 0 saturated heterocycles. The lowest BCUT2D eigenvalue weighted by molar-refractivity contribution is 0.354. The van der Waals surface area contributed by atoms with E-state index in [1.165, 1.54) is 24.0 Å². The molecule has 1 fully saturated rings. The average Bonchev–Trinajstić information content (AvgIpc) is 2.67. The van der Waals surface area contributed by atoms with Gasteiger partial charge in [-0.25, -0.2) is 4.39 Å². The highest BCUT2D eigenvalue weighted by molar-refractivity contribution is 5.27. The summed E-state index contributed by atoms with van der Waals surface area (Å²) in [6.45, 7) is 7.62. The molecule has 1 aromatic carbocycles. The van der Waals surface area contributed by atoms with E-state index in [0.717, 1.165) is 13.0 Å². The van der Waals surface area contributed by atoms with Crippen molar-refractivity contribution in [2.45, 2.75) is 46.1 Å². The number of hydrogen-bond acceptors (Lipinski definition) is 1. The minimum Gasteiger partial charge on any atom is -0.314 e. The quantitative estimate of drug-likeness (QED) is 0.858. The molecule has 1 aliphatic carbocycles. The van der Waals surface area contributed by atoms with E-state index in [-0.39, 0.29) is 5.82 Å². The normalized spacial score (nSPS) is 27.7.